The van der Waals surface area contributed by atoms with Gasteiger partial charge in [-0.25, -0.2) is 19.5 Å². The van der Waals surface area contributed by atoms with Crippen LogP contribution >= 0.6 is 0 Å². The van der Waals surface area contributed by atoms with Crippen molar-refractivity contribution in [2.75, 3.05) is 43.4 Å². The van der Waals surface area contributed by atoms with Gasteiger partial charge in [-0.3, -0.25) is 10.00 Å². The Hall–Kier alpha value is -4.61. The van der Waals surface area contributed by atoms with Crippen molar-refractivity contribution < 1.29 is 0 Å². The van der Waals surface area contributed by atoms with Crippen molar-refractivity contribution in [2.24, 2.45) is 7.05 Å². The summed E-state index contributed by atoms with van der Waals surface area (Å²) in [5, 5.41) is 15.9. The number of piperazine rings is 1. The van der Waals surface area contributed by atoms with Gasteiger partial charge < -0.3 is 15.1 Å². The van der Waals surface area contributed by atoms with E-state index >= 15 is 0 Å². The lowest BCUT2D eigenvalue weighted by atomic mass is 9.91. The molecule has 2 aliphatic heterocycles. The van der Waals surface area contributed by atoms with E-state index in [1.54, 1.807) is 0 Å². The Morgan fingerprint density at radius 3 is 2.67 bits per heavy atom. The topological polar surface area (TPSA) is 114 Å². The highest BCUT2D eigenvalue weighted by molar-refractivity contribution is 5.88. The Bertz CT molecular complexity index is 1780. The first-order valence-corrected chi connectivity index (χ1v) is 13.6. The summed E-state index contributed by atoms with van der Waals surface area (Å²) >= 11 is 0. The number of pyridine rings is 2. The lowest BCUT2D eigenvalue weighted by Crippen LogP contribution is -2.44. The molecule has 2 N–H and O–H groups in total. The second-order valence-electron chi connectivity index (χ2n) is 10.8. The van der Waals surface area contributed by atoms with Gasteiger partial charge in [-0.05, 0) is 36.4 Å². The number of nitrogens with one attached hydrogen (secondary N) is 2. The average molecular weight is 532 g/mol. The first-order valence-electron chi connectivity index (χ1n) is 13.6. The van der Waals surface area contributed by atoms with Gasteiger partial charge in [0.05, 0.1) is 29.6 Å². The molecule has 0 spiro atoms. The highest BCUT2D eigenvalue weighted by Crippen LogP contribution is 2.43. The minimum absolute atomic E-state index is 0.213. The third-order valence-electron chi connectivity index (χ3n) is 8.05. The molecule has 2 fully saturated rings. The van der Waals surface area contributed by atoms with E-state index in [2.05, 4.69) is 66.9 Å². The summed E-state index contributed by atoms with van der Waals surface area (Å²) < 4.78 is 3.71. The molecule has 3 aliphatic rings. The van der Waals surface area contributed by atoms with Gasteiger partial charge in [-0.15, -0.1) is 0 Å². The van der Waals surface area contributed by atoms with Gasteiger partial charge in [-0.1, -0.05) is 6.08 Å². The van der Waals surface area contributed by atoms with Gasteiger partial charge >= 0.3 is 0 Å². The predicted molar refractivity (Wildman–Crippen MR) is 153 cm³/mol. The van der Waals surface area contributed by atoms with Crippen molar-refractivity contribution in [1.29, 1.82) is 0 Å². The van der Waals surface area contributed by atoms with Crippen LogP contribution in [0.3, 0.4) is 0 Å². The third kappa shape index (κ3) is 4.02. The number of hydrogen-bond donors (Lipinski definition) is 2. The summed E-state index contributed by atoms with van der Waals surface area (Å²) in [7, 11) is 4.08. The van der Waals surface area contributed by atoms with E-state index in [0.717, 1.165) is 76.7 Å². The van der Waals surface area contributed by atoms with Crippen molar-refractivity contribution in [2.45, 2.75) is 12.1 Å². The molecular weight excluding hydrogens is 502 g/mol. The Morgan fingerprint density at radius 2 is 1.82 bits per heavy atom. The van der Waals surface area contributed by atoms with Crippen LogP contribution in [-0.2, 0) is 7.05 Å². The second kappa shape index (κ2) is 8.97. The summed E-state index contributed by atoms with van der Waals surface area (Å²) in [4.78, 5) is 19.0. The second-order valence-corrected chi connectivity index (χ2v) is 10.8. The Morgan fingerprint density at radius 1 is 0.925 bits per heavy atom. The summed E-state index contributed by atoms with van der Waals surface area (Å²) in [5.74, 6) is 1.57. The number of fused-ring (bicyclic) bond motifs is 4. The quantitative estimate of drug-likeness (QED) is 0.331. The van der Waals surface area contributed by atoms with Crippen molar-refractivity contribution in [3.8, 4) is 11.1 Å². The van der Waals surface area contributed by atoms with Crippen LogP contribution in [-0.4, -0.2) is 78.5 Å². The average Bonchev–Trinajstić information content (AvgIpc) is 3.45. The van der Waals surface area contributed by atoms with Crippen LogP contribution in [0.25, 0.3) is 22.2 Å². The Balaban J connectivity index is 1.09. The number of hydrogen-bond acceptors (Lipinski definition) is 9. The molecular formula is C29H29N11. The fraction of sp³-hybridized carbons (Fsp3) is 0.276. The number of likely N-dealkylation sites (N-methyl/N-ethyl adjacent to an activating group) is 1. The molecule has 5 aromatic heterocycles. The van der Waals surface area contributed by atoms with Crippen LogP contribution in [0.5, 0.6) is 0 Å². The van der Waals surface area contributed by atoms with E-state index in [9.17, 15) is 0 Å². The van der Waals surface area contributed by atoms with Crippen LogP contribution in [0.2, 0.25) is 0 Å². The van der Waals surface area contributed by atoms with Crippen LogP contribution in [0.15, 0.2) is 67.5 Å². The van der Waals surface area contributed by atoms with Gasteiger partial charge in [0.1, 0.15) is 5.82 Å². The molecule has 0 saturated carbocycles. The molecule has 11 nitrogen and oxygen atoms in total. The monoisotopic (exact) mass is 531 g/mol. The van der Waals surface area contributed by atoms with Crippen LogP contribution in [0.4, 0.5) is 17.5 Å². The standard InChI is InChI=1S/C29H29N11/c1-37-7-9-39(10-8-37)26-12-20(3-5-30-26)34-29-31-15-23-21(13-24-28(35-24)27(23)36-29)18-4-6-40-25(11-18)22(16-33-40)19-14-32-38(2)17-19/h3-6,11-17,24,28,35H,7-10H2,1-2H3,(H,30,31,34,36)/t24-,28?/m0/s1. The number of aryl methyl sites for hydroxylation is 1. The SMILES string of the molecule is CN1CCN(c2cc(Nc3ncc4c(n3)C3N[C@H]3C=C4c3ccn4ncc(-c5cnn(C)c5)c4c3)ccn2)CC1. The van der Waals surface area contributed by atoms with E-state index in [1.165, 1.54) is 0 Å². The number of nitrogens with zero attached hydrogens (tertiary/aromatic N) is 9. The molecule has 40 heavy (non-hydrogen) atoms. The van der Waals surface area contributed by atoms with E-state index in [-0.39, 0.29) is 12.1 Å². The zero-order valence-corrected chi connectivity index (χ0v) is 22.4. The van der Waals surface area contributed by atoms with Crippen LogP contribution in [0, 0.1) is 0 Å². The minimum atomic E-state index is 0.213. The predicted octanol–water partition coefficient (Wildman–Crippen LogP) is 2.87. The molecule has 0 bridgehead atoms. The van der Waals surface area contributed by atoms with E-state index in [1.807, 2.05) is 59.5 Å². The lowest BCUT2D eigenvalue weighted by Gasteiger charge is -2.33. The van der Waals surface area contributed by atoms with Crippen molar-refractivity contribution in [1.82, 2.24) is 44.6 Å². The maximum Gasteiger partial charge on any atom is 0.227 e. The van der Waals surface area contributed by atoms with Crippen molar-refractivity contribution in [3.63, 3.8) is 0 Å². The smallest absolute Gasteiger partial charge is 0.227 e. The molecule has 11 heteroatoms. The maximum absolute atomic E-state index is 4.98. The highest BCUT2D eigenvalue weighted by atomic mass is 15.3. The zero-order valence-electron chi connectivity index (χ0n) is 22.4. The largest absolute Gasteiger partial charge is 0.354 e. The summed E-state index contributed by atoms with van der Waals surface area (Å²) in [6, 6.07) is 8.83. The van der Waals surface area contributed by atoms with Crippen molar-refractivity contribution >= 4 is 28.5 Å². The van der Waals surface area contributed by atoms with Crippen molar-refractivity contribution in [3.05, 3.63) is 84.3 Å². The molecule has 2 saturated heterocycles. The van der Waals surface area contributed by atoms with E-state index in [4.69, 9.17) is 9.97 Å². The molecule has 200 valence electrons. The third-order valence-corrected chi connectivity index (χ3v) is 8.05. The summed E-state index contributed by atoms with van der Waals surface area (Å²) in [5.41, 5.74) is 8.39. The van der Waals surface area contributed by atoms with Gasteiger partial charge in [0, 0.05) is 92.5 Å². The number of aromatic nitrogens is 7. The molecule has 2 atom stereocenters. The first kappa shape index (κ1) is 23.3. The highest BCUT2D eigenvalue weighted by Gasteiger charge is 2.43. The molecule has 0 amide bonds. The minimum Gasteiger partial charge on any atom is -0.354 e. The molecule has 5 aromatic rings. The zero-order chi connectivity index (χ0) is 26.8. The fourth-order valence-corrected chi connectivity index (χ4v) is 5.73. The molecule has 1 aliphatic carbocycles. The number of rotatable bonds is 5. The molecule has 7 heterocycles. The summed E-state index contributed by atoms with van der Waals surface area (Å²) in [6.45, 7) is 4.02. The molecule has 8 rings (SSSR count). The Labute approximate surface area is 231 Å². The van der Waals surface area contributed by atoms with E-state index < -0.39 is 0 Å². The van der Waals surface area contributed by atoms with Gasteiger partial charge in [0.25, 0.3) is 0 Å². The normalized spacial score (nSPS) is 20.2. The van der Waals surface area contributed by atoms with E-state index in [0.29, 0.717) is 5.95 Å². The fourth-order valence-electron chi connectivity index (χ4n) is 5.73. The van der Waals surface area contributed by atoms with Gasteiger partial charge in [0.15, 0.2) is 0 Å². The summed E-state index contributed by atoms with van der Waals surface area (Å²) in [6.07, 6.45) is 13.9. The maximum atomic E-state index is 4.98. The van der Waals surface area contributed by atoms with Crippen LogP contribution in [0.1, 0.15) is 22.9 Å². The molecule has 0 aromatic carbocycles. The first-order chi connectivity index (χ1) is 19.6. The van der Waals surface area contributed by atoms with Gasteiger partial charge in [-0.2, -0.15) is 10.2 Å². The Kier molecular flexibility index (Phi) is 5.22. The molecule has 0 radical (unpaired) electrons. The lowest BCUT2D eigenvalue weighted by molar-refractivity contribution is 0.312. The van der Waals surface area contributed by atoms with Crippen LogP contribution < -0.4 is 15.5 Å². The van der Waals surface area contributed by atoms with Gasteiger partial charge in [0.2, 0.25) is 5.95 Å². The molecule has 1 unspecified atom stereocenters. The number of anilines is 3.